The number of hydrogen-bond acceptors (Lipinski definition) is 5. The second-order valence-electron chi connectivity index (χ2n) is 7.92. The maximum Gasteiger partial charge on any atom is 0.265 e. The van der Waals surface area contributed by atoms with E-state index in [9.17, 15) is 28.0 Å². The van der Waals surface area contributed by atoms with E-state index in [1.807, 2.05) is 0 Å². The number of rotatable bonds is 2. The molecule has 1 aromatic rings. The van der Waals surface area contributed by atoms with Gasteiger partial charge in [-0.1, -0.05) is 0 Å². The molecule has 2 bridgehead atoms. The summed E-state index contributed by atoms with van der Waals surface area (Å²) in [7, 11) is 0. The highest BCUT2D eigenvalue weighted by Gasteiger charge is 2.49. The van der Waals surface area contributed by atoms with Gasteiger partial charge in [0.2, 0.25) is 11.8 Å². The quantitative estimate of drug-likeness (QED) is 0.735. The average molecular weight is 389 g/mol. The molecule has 9 heteroatoms. The Morgan fingerprint density at radius 2 is 1.61 bits per heavy atom. The molecule has 0 aromatic heterocycles. The van der Waals surface area contributed by atoms with E-state index in [-0.39, 0.29) is 36.4 Å². The molecule has 28 heavy (non-hydrogen) atoms. The van der Waals surface area contributed by atoms with Crippen molar-refractivity contribution in [3.8, 4) is 0 Å². The summed E-state index contributed by atoms with van der Waals surface area (Å²) < 4.78 is 28.8. The maximum absolute atomic E-state index is 14.5. The summed E-state index contributed by atoms with van der Waals surface area (Å²) in [6, 6.07) is 0.349. The monoisotopic (exact) mass is 389 g/mol. The van der Waals surface area contributed by atoms with Crippen LogP contribution in [0.15, 0.2) is 6.07 Å². The Balaban J connectivity index is 1.57. The first-order valence-electron chi connectivity index (χ1n) is 9.34. The van der Waals surface area contributed by atoms with Gasteiger partial charge in [0.1, 0.15) is 6.04 Å². The minimum Gasteiger partial charge on any atom is -0.311 e. The number of amides is 4. The van der Waals surface area contributed by atoms with Crippen LogP contribution in [0.4, 0.5) is 8.78 Å². The van der Waals surface area contributed by atoms with Gasteiger partial charge in [0, 0.05) is 18.5 Å². The summed E-state index contributed by atoms with van der Waals surface area (Å²) >= 11 is 0. The third-order valence-electron chi connectivity index (χ3n) is 6.26. The summed E-state index contributed by atoms with van der Waals surface area (Å²) in [6.45, 7) is 0. The van der Waals surface area contributed by atoms with Crippen LogP contribution < -0.4 is 10.6 Å². The Morgan fingerprint density at radius 3 is 2.25 bits per heavy atom. The first-order chi connectivity index (χ1) is 13.3. The lowest BCUT2D eigenvalue weighted by Gasteiger charge is -2.47. The molecular weight excluding hydrogens is 372 g/mol. The molecule has 6 rings (SSSR count). The van der Waals surface area contributed by atoms with Crippen LogP contribution in [0.3, 0.4) is 0 Å². The number of hydrogen-bond donors (Lipinski definition) is 2. The van der Waals surface area contributed by atoms with Crippen molar-refractivity contribution < 1.29 is 28.0 Å². The highest BCUT2D eigenvalue weighted by Crippen LogP contribution is 2.43. The maximum atomic E-state index is 14.5. The molecule has 0 radical (unpaired) electrons. The number of imide groups is 2. The Bertz CT molecular complexity index is 947. The minimum atomic E-state index is -1.37. The van der Waals surface area contributed by atoms with Crippen LogP contribution in [0.2, 0.25) is 0 Å². The predicted octanol–water partition coefficient (Wildman–Crippen LogP) is 0.974. The molecule has 2 N–H and O–H groups in total. The van der Waals surface area contributed by atoms with Crippen LogP contribution in [-0.2, 0) is 9.59 Å². The smallest absolute Gasteiger partial charge is 0.265 e. The highest BCUT2D eigenvalue weighted by molar-refractivity contribution is 6.24. The third-order valence-corrected chi connectivity index (χ3v) is 6.26. The zero-order valence-electron chi connectivity index (χ0n) is 14.8. The topological polar surface area (TPSA) is 95.6 Å². The van der Waals surface area contributed by atoms with Crippen LogP contribution >= 0.6 is 0 Å². The van der Waals surface area contributed by atoms with Gasteiger partial charge < -0.3 is 5.32 Å². The zero-order valence-corrected chi connectivity index (χ0v) is 14.8. The van der Waals surface area contributed by atoms with Gasteiger partial charge in [0.05, 0.1) is 11.1 Å². The summed E-state index contributed by atoms with van der Waals surface area (Å²) in [5.74, 6) is -5.80. The fourth-order valence-electron chi connectivity index (χ4n) is 4.96. The second-order valence-corrected chi connectivity index (χ2v) is 7.92. The van der Waals surface area contributed by atoms with Crippen molar-refractivity contribution in [2.45, 2.75) is 56.1 Å². The van der Waals surface area contributed by atoms with E-state index in [1.54, 1.807) is 0 Å². The van der Waals surface area contributed by atoms with Gasteiger partial charge in [0.15, 0.2) is 11.6 Å². The van der Waals surface area contributed by atoms with Crippen molar-refractivity contribution in [1.82, 2.24) is 15.5 Å². The lowest BCUT2D eigenvalue weighted by atomic mass is 9.72. The normalized spacial score (nSPS) is 31.6. The summed E-state index contributed by atoms with van der Waals surface area (Å²) in [5.41, 5.74) is -0.407. The number of piperidine rings is 2. The molecule has 4 amide bonds. The van der Waals surface area contributed by atoms with Gasteiger partial charge >= 0.3 is 0 Å². The van der Waals surface area contributed by atoms with E-state index in [0.29, 0.717) is 23.3 Å². The summed E-state index contributed by atoms with van der Waals surface area (Å²) in [4.78, 5) is 50.1. The van der Waals surface area contributed by atoms with E-state index in [1.165, 1.54) is 0 Å². The Morgan fingerprint density at radius 1 is 0.964 bits per heavy atom. The Labute approximate surface area is 158 Å². The van der Waals surface area contributed by atoms with E-state index in [2.05, 4.69) is 10.6 Å². The molecule has 1 aromatic carbocycles. The third kappa shape index (κ3) is 2.35. The van der Waals surface area contributed by atoms with Gasteiger partial charge in [-0.05, 0) is 43.2 Å². The molecule has 1 saturated carbocycles. The fourth-order valence-corrected chi connectivity index (χ4v) is 4.96. The predicted molar refractivity (Wildman–Crippen MR) is 90.3 cm³/mol. The first-order valence-corrected chi connectivity index (χ1v) is 9.34. The SMILES string of the molecule is O=C1CCC(N2C(=O)c3c(C4CC5CC(C4)N5)cc(F)c(F)c3C2=O)C(=O)N1. The molecule has 7 nitrogen and oxygen atoms in total. The molecule has 4 aliphatic heterocycles. The van der Waals surface area contributed by atoms with E-state index in [0.717, 1.165) is 12.5 Å². The van der Waals surface area contributed by atoms with E-state index >= 15 is 0 Å². The molecule has 4 heterocycles. The lowest BCUT2D eigenvalue weighted by Crippen LogP contribution is -2.57. The van der Waals surface area contributed by atoms with Crippen LogP contribution in [0.25, 0.3) is 0 Å². The molecule has 146 valence electrons. The van der Waals surface area contributed by atoms with Crippen LogP contribution in [0.5, 0.6) is 0 Å². The zero-order chi connectivity index (χ0) is 19.7. The summed E-state index contributed by atoms with van der Waals surface area (Å²) in [6.07, 6.45) is 2.29. The van der Waals surface area contributed by atoms with Crippen molar-refractivity contribution in [1.29, 1.82) is 0 Å². The number of fused-ring (bicyclic) bond motifs is 3. The molecule has 0 spiro atoms. The van der Waals surface area contributed by atoms with Gasteiger partial charge in [-0.3, -0.25) is 29.4 Å². The van der Waals surface area contributed by atoms with Gasteiger partial charge in [-0.15, -0.1) is 0 Å². The van der Waals surface area contributed by atoms with E-state index in [4.69, 9.17) is 0 Å². The molecule has 1 aliphatic carbocycles. The van der Waals surface area contributed by atoms with Gasteiger partial charge in [-0.2, -0.15) is 0 Å². The van der Waals surface area contributed by atoms with E-state index < -0.39 is 46.9 Å². The average Bonchev–Trinajstić information content (AvgIpc) is 2.89. The van der Waals surface area contributed by atoms with Crippen LogP contribution in [-0.4, -0.2) is 46.7 Å². The van der Waals surface area contributed by atoms with Crippen molar-refractivity contribution >= 4 is 23.6 Å². The van der Waals surface area contributed by atoms with Crippen LogP contribution in [0, 0.1) is 11.6 Å². The van der Waals surface area contributed by atoms with Crippen molar-refractivity contribution in [2.75, 3.05) is 0 Å². The minimum absolute atomic E-state index is 0.0347. The number of halogens is 2. The lowest BCUT2D eigenvalue weighted by molar-refractivity contribution is -0.136. The van der Waals surface area contributed by atoms with Crippen LogP contribution in [0.1, 0.15) is 64.3 Å². The molecular formula is C19H17F2N3O4. The molecule has 3 unspecified atom stereocenters. The number of carbonyl (C=O) groups excluding carboxylic acids is 4. The van der Waals surface area contributed by atoms with Crippen molar-refractivity contribution in [2.24, 2.45) is 0 Å². The molecule has 5 aliphatic rings. The van der Waals surface area contributed by atoms with Crippen molar-refractivity contribution in [3.05, 3.63) is 34.4 Å². The molecule has 3 saturated heterocycles. The fraction of sp³-hybridized carbons (Fsp3) is 0.474. The second kappa shape index (κ2) is 5.91. The highest BCUT2D eigenvalue weighted by atomic mass is 19.2. The van der Waals surface area contributed by atoms with Gasteiger partial charge in [0.25, 0.3) is 11.8 Å². The number of carbonyl (C=O) groups is 4. The summed E-state index contributed by atoms with van der Waals surface area (Å²) in [5, 5.41) is 5.44. The molecule has 4 fully saturated rings. The number of benzene rings is 1. The Kier molecular flexibility index (Phi) is 3.67. The number of nitrogens with zero attached hydrogens (tertiary/aromatic N) is 1. The molecule has 3 atom stereocenters. The van der Waals surface area contributed by atoms with Gasteiger partial charge in [-0.25, -0.2) is 8.78 Å². The largest absolute Gasteiger partial charge is 0.311 e. The van der Waals surface area contributed by atoms with Crippen molar-refractivity contribution in [3.63, 3.8) is 0 Å². The standard InChI is InChI=1S/C19H17F2N3O4/c20-11-6-10(7-3-8-5-9(4-7)22-8)14-15(16(11)21)19(28)24(18(14)27)12-1-2-13(25)23-17(12)26/h6-9,12,22H,1-5H2,(H,23,25,26). The first kappa shape index (κ1) is 17.4. The Hall–Kier alpha value is -2.68. The number of nitrogens with one attached hydrogen (secondary N) is 2.